The predicted molar refractivity (Wildman–Crippen MR) is 122 cm³/mol. The number of benzene rings is 1. The number of hydrogen-bond donors (Lipinski definition) is 3. The topological polar surface area (TPSA) is 111 Å². The van der Waals surface area contributed by atoms with E-state index in [-0.39, 0.29) is 16.8 Å². The van der Waals surface area contributed by atoms with Gasteiger partial charge in [-0.25, -0.2) is 9.37 Å². The summed E-state index contributed by atoms with van der Waals surface area (Å²) in [7, 11) is 1.79. The number of carbonyl (C=O) groups excluding carboxylic acids is 1. The van der Waals surface area contributed by atoms with Crippen LogP contribution >= 0.6 is 11.6 Å². The fourth-order valence-electron chi connectivity index (χ4n) is 5.68. The Morgan fingerprint density at radius 2 is 2.06 bits per heavy atom. The Bertz CT molecular complexity index is 1190. The van der Waals surface area contributed by atoms with Crippen LogP contribution in [0.3, 0.4) is 0 Å². The number of amides is 1. The lowest BCUT2D eigenvalue weighted by atomic mass is 9.92. The maximum atomic E-state index is 13.4. The first kappa shape index (κ1) is 21.9. The predicted octanol–water partition coefficient (Wildman–Crippen LogP) is 3.58. The van der Waals surface area contributed by atoms with Crippen LogP contribution in [-0.4, -0.2) is 35.9 Å². The molecule has 2 fully saturated rings. The van der Waals surface area contributed by atoms with Crippen LogP contribution in [0, 0.1) is 17.7 Å². The maximum absolute atomic E-state index is 13.4. The van der Waals surface area contributed by atoms with Crippen LogP contribution in [0.1, 0.15) is 47.8 Å². The molecule has 8 nitrogen and oxygen atoms in total. The van der Waals surface area contributed by atoms with Gasteiger partial charge >= 0.3 is 0 Å². The third-order valence-electron chi connectivity index (χ3n) is 6.99. The van der Waals surface area contributed by atoms with E-state index in [1.165, 1.54) is 18.2 Å². The van der Waals surface area contributed by atoms with Crippen molar-refractivity contribution in [2.24, 2.45) is 18.9 Å². The number of hydrogen-bond acceptors (Lipinski definition) is 5. The summed E-state index contributed by atoms with van der Waals surface area (Å²) in [5.41, 5.74) is 6.57. The smallest absolute Gasteiger partial charge is 0.274 e. The molecule has 0 saturated heterocycles. The van der Waals surface area contributed by atoms with E-state index >= 15 is 0 Å². The monoisotopic (exact) mass is 472 g/mol. The number of anilines is 2. The van der Waals surface area contributed by atoms with E-state index in [0.717, 1.165) is 18.5 Å². The Morgan fingerprint density at radius 3 is 2.70 bits per heavy atom. The van der Waals surface area contributed by atoms with Gasteiger partial charge in [-0.1, -0.05) is 11.6 Å². The Kier molecular flexibility index (Phi) is 5.41. The van der Waals surface area contributed by atoms with Crippen LogP contribution in [0.4, 0.5) is 15.9 Å². The first-order chi connectivity index (χ1) is 15.7. The lowest BCUT2D eigenvalue weighted by Gasteiger charge is -2.24. The molecule has 2 aliphatic rings. The van der Waals surface area contributed by atoms with Gasteiger partial charge in [0.2, 0.25) is 0 Å². The van der Waals surface area contributed by atoms with Crippen molar-refractivity contribution in [3.63, 3.8) is 0 Å². The molecule has 0 aliphatic heterocycles. The highest BCUT2D eigenvalue weighted by atomic mass is 35.5. The molecule has 2 unspecified atom stereocenters. The molecule has 5 rings (SSSR count). The SMILES string of the molecule is Cn1cnc(C2CC3CC(O)(Cn4ccc(N)n4)CC3C2)c1C(=O)Nc1ccc(F)c(Cl)c1. The van der Waals surface area contributed by atoms with Gasteiger partial charge in [-0.2, -0.15) is 5.10 Å². The molecule has 3 aromatic rings. The maximum Gasteiger partial charge on any atom is 0.274 e. The molecule has 2 heterocycles. The fraction of sp³-hybridized carbons (Fsp3) is 0.435. The molecule has 2 atom stereocenters. The standard InChI is InChI=1S/C23H26ClFN6O2/c1-30-12-27-20(21(30)22(32)28-16-2-3-18(25)17(24)8-16)13-6-14-9-23(33,10-15(14)7-13)11-31-5-4-19(26)29-31/h2-5,8,12-15,33H,6-7,9-11H2,1H3,(H2,26,29)(H,28,32). The molecule has 2 aliphatic carbocycles. The molecule has 4 N–H and O–H groups in total. The van der Waals surface area contributed by atoms with Crippen molar-refractivity contribution in [1.82, 2.24) is 19.3 Å². The molecule has 1 amide bonds. The lowest BCUT2D eigenvalue weighted by Crippen LogP contribution is -2.32. The lowest BCUT2D eigenvalue weighted by molar-refractivity contribution is 0.0177. The van der Waals surface area contributed by atoms with Gasteiger partial charge in [-0.05, 0) is 61.8 Å². The van der Waals surface area contributed by atoms with E-state index in [9.17, 15) is 14.3 Å². The van der Waals surface area contributed by atoms with Crippen LogP contribution in [0.5, 0.6) is 0 Å². The number of halogens is 2. The van der Waals surface area contributed by atoms with Crippen LogP contribution < -0.4 is 11.1 Å². The molecule has 1 aromatic carbocycles. The Labute approximate surface area is 195 Å². The third kappa shape index (κ3) is 4.22. The number of rotatable bonds is 5. The number of aliphatic hydroxyl groups is 1. The zero-order chi connectivity index (χ0) is 23.3. The third-order valence-corrected chi connectivity index (χ3v) is 7.28. The summed E-state index contributed by atoms with van der Waals surface area (Å²) in [5, 5.41) is 18.1. The number of carbonyl (C=O) groups is 1. The van der Waals surface area contributed by atoms with Crippen molar-refractivity contribution in [2.45, 2.75) is 43.7 Å². The quantitative estimate of drug-likeness (QED) is 0.525. The summed E-state index contributed by atoms with van der Waals surface area (Å²) in [6.07, 6.45) is 6.56. The van der Waals surface area contributed by atoms with Crippen molar-refractivity contribution in [1.29, 1.82) is 0 Å². The minimum absolute atomic E-state index is 0.0491. The summed E-state index contributed by atoms with van der Waals surface area (Å²) in [6.45, 7) is 0.430. The molecule has 2 saturated carbocycles. The molecule has 10 heteroatoms. The zero-order valence-electron chi connectivity index (χ0n) is 18.2. The summed E-state index contributed by atoms with van der Waals surface area (Å²) < 4.78 is 16.9. The second-order valence-electron chi connectivity index (χ2n) is 9.43. The highest BCUT2D eigenvalue weighted by Gasteiger charge is 2.50. The van der Waals surface area contributed by atoms with E-state index < -0.39 is 11.4 Å². The van der Waals surface area contributed by atoms with Crippen LogP contribution in [0.2, 0.25) is 5.02 Å². The first-order valence-electron chi connectivity index (χ1n) is 11.0. The molecule has 174 valence electrons. The highest BCUT2D eigenvalue weighted by molar-refractivity contribution is 6.31. The largest absolute Gasteiger partial charge is 0.388 e. The van der Waals surface area contributed by atoms with Gasteiger partial charge < -0.3 is 20.7 Å². The van der Waals surface area contributed by atoms with Crippen LogP contribution in [0.25, 0.3) is 0 Å². The van der Waals surface area contributed by atoms with Gasteiger partial charge in [0.15, 0.2) is 0 Å². The van der Waals surface area contributed by atoms with Crippen LogP contribution in [-0.2, 0) is 13.6 Å². The average molecular weight is 473 g/mol. The average Bonchev–Trinajstić information content (AvgIpc) is 3.48. The van der Waals surface area contributed by atoms with Gasteiger partial charge in [-0.15, -0.1) is 0 Å². The van der Waals surface area contributed by atoms with Crippen LogP contribution in [0.15, 0.2) is 36.8 Å². The van der Waals surface area contributed by atoms with E-state index in [2.05, 4.69) is 15.4 Å². The highest BCUT2D eigenvalue weighted by Crippen LogP contribution is 2.54. The number of nitrogens with two attached hydrogens (primary N) is 1. The molecule has 0 radical (unpaired) electrons. The zero-order valence-corrected chi connectivity index (χ0v) is 19.0. The van der Waals surface area contributed by atoms with Crippen molar-refractivity contribution in [3.05, 3.63) is 59.0 Å². The summed E-state index contributed by atoms with van der Waals surface area (Å²) in [6, 6.07) is 5.81. The fourth-order valence-corrected chi connectivity index (χ4v) is 5.86. The Balaban J connectivity index is 1.28. The van der Waals surface area contributed by atoms with Gasteiger partial charge in [-0.3, -0.25) is 9.48 Å². The van der Waals surface area contributed by atoms with E-state index in [1.807, 2.05) is 0 Å². The van der Waals surface area contributed by atoms with Gasteiger partial charge in [0, 0.05) is 24.8 Å². The molecular formula is C23H26ClFN6O2. The minimum Gasteiger partial charge on any atom is -0.388 e. The molecule has 0 spiro atoms. The van der Waals surface area contributed by atoms with Gasteiger partial charge in [0.25, 0.3) is 5.91 Å². The number of nitrogens with one attached hydrogen (secondary N) is 1. The molecular weight excluding hydrogens is 447 g/mol. The number of fused-ring (bicyclic) bond motifs is 1. The Morgan fingerprint density at radius 1 is 1.33 bits per heavy atom. The van der Waals surface area contributed by atoms with Crippen molar-refractivity contribution in [3.8, 4) is 0 Å². The van der Waals surface area contributed by atoms with E-state index in [1.54, 1.807) is 34.9 Å². The number of aryl methyl sites for hydroxylation is 1. The first-order valence-corrected chi connectivity index (χ1v) is 11.4. The van der Waals surface area contributed by atoms with Gasteiger partial charge in [0.1, 0.15) is 17.3 Å². The van der Waals surface area contributed by atoms with Crippen molar-refractivity contribution < 1.29 is 14.3 Å². The normalized spacial score (nSPS) is 26.5. The van der Waals surface area contributed by atoms with E-state index in [0.29, 0.717) is 48.4 Å². The minimum atomic E-state index is -0.801. The molecule has 0 bridgehead atoms. The molecule has 33 heavy (non-hydrogen) atoms. The van der Waals surface area contributed by atoms with Gasteiger partial charge in [0.05, 0.1) is 29.2 Å². The number of nitrogens with zero attached hydrogens (tertiary/aromatic N) is 4. The Hall–Kier alpha value is -2.91. The molecule has 2 aromatic heterocycles. The number of nitrogen functional groups attached to an aromatic ring is 1. The van der Waals surface area contributed by atoms with E-state index in [4.69, 9.17) is 17.3 Å². The summed E-state index contributed by atoms with van der Waals surface area (Å²) in [5.74, 6) is 0.467. The summed E-state index contributed by atoms with van der Waals surface area (Å²) >= 11 is 5.84. The summed E-state index contributed by atoms with van der Waals surface area (Å²) in [4.78, 5) is 17.6. The number of imidazole rings is 1. The van der Waals surface area contributed by atoms with Crippen molar-refractivity contribution in [2.75, 3.05) is 11.1 Å². The second-order valence-corrected chi connectivity index (χ2v) is 9.84. The number of aromatic nitrogens is 4. The second kappa shape index (κ2) is 8.14. The van der Waals surface area contributed by atoms with Crippen molar-refractivity contribution >= 4 is 29.0 Å².